The summed E-state index contributed by atoms with van der Waals surface area (Å²) in [6.45, 7) is 0.00900. The minimum Gasteiger partial charge on any atom is -0.487 e. The first kappa shape index (κ1) is 37.3. The molecule has 47 heavy (non-hydrogen) atoms. The number of anilines is 1. The van der Waals surface area contributed by atoms with E-state index >= 15 is 0 Å². The van der Waals surface area contributed by atoms with Gasteiger partial charge in [-0.3, -0.25) is 14.8 Å². The number of sulfonamides is 1. The molecular weight excluding hydrogens is 728 g/mol. The zero-order chi connectivity index (χ0) is 35.4. The van der Waals surface area contributed by atoms with Gasteiger partial charge in [0.25, 0.3) is 0 Å². The summed E-state index contributed by atoms with van der Waals surface area (Å²) in [4.78, 5) is 22.3. The molecule has 0 fully saturated rings. The van der Waals surface area contributed by atoms with Crippen LogP contribution in [0.15, 0.2) is 53.3 Å². The number of alkyl halides is 5. The van der Waals surface area contributed by atoms with E-state index in [1.807, 2.05) is 0 Å². The molecule has 1 N–H and O–H groups in total. The van der Waals surface area contributed by atoms with Crippen LogP contribution < -0.4 is 19.9 Å². The van der Waals surface area contributed by atoms with Gasteiger partial charge in [-0.15, -0.1) is 5.10 Å². The number of rotatable bonds is 9. The Kier molecular flexibility index (Phi) is 11.7. The third-order valence-corrected chi connectivity index (χ3v) is 7.15. The second-order valence-electron chi connectivity index (χ2n) is 9.11. The van der Waals surface area contributed by atoms with Crippen molar-refractivity contribution in [3.05, 3.63) is 95.6 Å². The summed E-state index contributed by atoms with van der Waals surface area (Å²) < 4.78 is 99.6. The van der Waals surface area contributed by atoms with Crippen LogP contribution in [0, 0.1) is 17.0 Å². The second-order valence-corrected chi connectivity index (χ2v) is 12.1. The lowest BCUT2D eigenvalue weighted by atomic mass is 10.2. The van der Waals surface area contributed by atoms with E-state index in [4.69, 9.17) is 44.3 Å². The number of hydrogen-bond acceptors (Lipinski definition) is 8. The summed E-state index contributed by atoms with van der Waals surface area (Å²) in [6.07, 6.45) is -3.61. The molecule has 254 valence electrons. The first-order valence-corrected chi connectivity index (χ1v) is 15.6. The highest BCUT2D eigenvalue weighted by atomic mass is 35.5. The number of aromatic nitrogens is 3. The highest BCUT2D eigenvalue weighted by Gasteiger charge is 2.31. The maximum absolute atomic E-state index is 12.8. The van der Waals surface area contributed by atoms with Crippen LogP contribution in [0.4, 0.5) is 33.3 Å². The summed E-state index contributed by atoms with van der Waals surface area (Å²) >= 11 is 17.6. The predicted octanol–water partition coefficient (Wildman–Crippen LogP) is 7.87. The molecule has 0 spiro atoms. The molecule has 4 rings (SSSR count). The van der Waals surface area contributed by atoms with Crippen molar-refractivity contribution < 1.29 is 44.8 Å². The Labute approximate surface area is 277 Å². The number of halogens is 8. The highest BCUT2D eigenvalue weighted by molar-refractivity contribution is 7.92. The van der Waals surface area contributed by atoms with E-state index in [2.05, 4.69) is 9.82 Å². The molecule has 3 aromatic carbocycles. The molecule has 12 nitrogen and oxygen atoms in total. The van der Waals surface area contributed by atoms with Crippen molar-refractivity contribution >= 4 is 56.2 Å². The summed E-state index contributed by atoms with van der Waals surface area (Å²) in [5.41, 5.74) is -2.42. The quantitative estimate of drug-likeness (QED) is 0.103. The monoisotopic (exact) mass is 747 g/mol. The molecule has 0 bridgehead atoms. The van der Waals surface area contributed by atoms with Crippen LogP contribution in [0.5, 0.6) is 17.2 Å². The van der Waals surface area contributed by atoms with Gasteiger partial charge in [0.1, 0.15) is 17.3 Å². The second kappa shape index (κ2) is 14.7. The molecule has 21 heteroatoms. The fraction of sp³-hybridized carbons (Fsp3) is 0.231. The van der Waals surface area contributed by atoms with Crippen LogP contribution in [0.2, 0.25) is 15.1 Å². The van der Waals surface area contributed by atoms with Gasteiger partial charge in [0, 0.05) is 12.1 Å². The number of nitrogens with zero attached hydrogens (tertiary/aromatic N) is 4. The Morgan fingerprint density at radius 1 is 1.02 bits per heavy atom. The van der Waals surface area contributed by atoms with Crippen molar-refractivity contribution in [1.29, 1.82) is 0 Å². The number of aryl methyl sites for hydroxylation is 1. The summed E-state index contributed by atoms with van der Waals surface area (Å²) in [5, 5.41) is 14.3. The van der Waals surface area contributed by atoms with E-state index in [9.17, 15) is 45.3 Å². The van der Waals surface area contributed by atoms with Crippen LogP contribution in [0.1, 0.15) is 24.9 Å². The molecular formula is C26H21Cl3F5N5O7S. The molecule has 1 heterocycles. The van der Waals surface area contributed by atoms with Crippen molar-refractivity contribution in [2.75, 3.05) is 17.6 Å². The molecule has 0 saturated carbocycles. The third-order valence-electron chi connectivity index (χ3n) is 5.65. The molecule has 0 aliphatic heterocycles. The third kappa shape index (κ3) is 9.46. The van der Waals surface area contributed by atoms with Gasteiger partial charge in [-0.25, -0.2) is 17.8 Å². The molecule has 4 aromatic rings. The zero-order valence-electron chi connectivity index (χ0n) is 24.0. The molecule has 0 radical (unpaired) electrons. The Bertz CT molecular complexity index is 1970. The largest absolute Gasteiger partial charge is 0.487 e. The summed E-state index contributed by atoms with van der Waals surface area (Å²) in [7, 11) is -3.65. The first-order valence-electron chi connectivity index (χ1n) is 12.6. The van der Waals surface area contributed by atoms with Gasteiger partial charge < -0.3 is 9.47 Å². The lowest BCUT2D eigenvalue weighted by Gasteiger charge is -2.12. The van der Waals surface area contributed by atoms with Crippen LogP contribution in [-0.2, 0) is 16.2 Å². The number of nitro groups is 1. The molecule has 0 unspecified atom stereocenters. The number of ether oxygens (including phenoxy) is 2. The van der Waals surface area contributed by atoms with E-state index < -0.39 is 38.9 Å². The van der Waals surface area contributed by atoms with Crippen molar-refractivity contribution in [3.8, 4) is 22.9 Å². The van der Waals surface area contributed by atoms with Gasteiger partial charge in [-0.2, -0.15) is 26.6 Å². The van der Waals surface area contributed by atoms with Gasteiger partial charge in [-0.05, 0) is 50.2 Å². The minimum absolute atomic E-state index is 0.0111. The predicted molar refractivity (Wildman–Crippen MR) is 163 cm³/mol. The van der Waals surface area contributed by atoms with E-state index in [1.54, 1.807) is 6.92 Å². The smallest absolute Gasteiger partial charge is 0.416 e. The summed E-state index contributed by atoms with van der Waals surface area (Å²) in [6, 6.07) is 8.71. The SMILES string of the molecule is CCOc1cc(Oc2ccc(C(F)(F)F)cc2Cl)ccc1[N+](=O)[O-].Cc1nn(-c2cc(NS(C)(=O)=O)c(Cl)cc2Cl)c(=O)n1C(F)F. The number of benzene rings is 3. The molecule has 1 aromatic heterocycles. The van der Waals surface area contributed by atoms with E-state index in [0.29, 0.717) is 4.68 Å². The Morgan fingerprint density at radius 2 is 1.68 bits per heavy atom. The zero-order valence-corrected chi connectivity index (χ0v) is 27.1. The first-order chi connectivity index (χ1) is 21.7. The topological polar surface area (TPSA) is 148 Å². The molecule has 0 aliphatic rings. The van der Waals surface area contributed by atoms with Gasteiger partial charge in [0.05, 0.1) is 49.8 Å². The average molecular weight is 749 g/mol. The van der Waals surface area contributed by atoms with Gasteiger partial charge in [-0.1, -0.05) is 34.8 Å². The van der Waals surface area contributed by atoms with Crippen LogP contribution in [0.25, 0.3) is 5.69 Å². The molecule has 0 saturated heterocycles. The van der Waals surface area contributed by atoms with E-state index in [-0.39, 0.29) is 66.4 Å². The average Bonchev–Trinajstić information content (AvgIpc) is 3.24. The Morgan fingerprint density at radius 3 is 2.19 bits per heavy atom. The minimum atomic E-state index is -4.52. The fourth-order valence-electron chi connectivity index (χ4n) is 3.70. The molecule has 0 atom stereocenters. The van der Waals surface area contributed by atoms with E-state index in [0.717, 1.165) is 30.5 Å². The standard InChI is InChI=1S/C15H11ClF3NO4.C11H10Cl2F2N4O3S/c1-2-23-14-8-10(4-5-12(14)20(21)22)24-13-6-3-9(7-11(13)16)15(17,18)19;1-5-16-19(11(20)18(5)10(14)15)9-4-8(17-23(2,21)22)6(12)3-7(9)13/h3-8H,2H2,1H3;3-4,10,17H,1-2H3. The van der Waals surface area contributed by atoms with Crippen LogP contribution >= 0.6 is 34.8 Å². The lowest BCUT2D eigenvalue weighted by Crippen LogP contribution is -2.25. The summed E-state index contributed by atoms with van der Waals surface area (Å²) in [5.74, 6) is -0.108. The maximum Gasteiger partial charge on any atom is 0.416 e. The highest BCUT2D eigenvalue weighted by Crippen LogP contribution is 2.38. The van der Waals surface area contributed by atoms with Crippen molar-refractivity contribution in [2.24, 2.45) is 0 Å². The van der Waals surface area contributed by atoms with E-state index in [1.165, 1.54) is 31.2 Å². The van der Waals surface area contributed by atoms with Crippen molar-refractivity contribution in [3.63, 3.8) is 0 Å². The van der Waals surface area contributed by atoms with Gasteiger partial charge >= 0.3 is 24.1 Å². The van der Waals surface area contributed by atoms with Crippen molar-refractivity contribution in [2.45, 2.75) is 26.6 Å². The Hall–Kier alpha value is -4.13. The van der Waals surface area contributed by atoms with Crippen LogP contribution in [-0.4, -0.2) is 40.6 Å². The lowest BCUT2D eigenvalue weighted by molar-refractivity contribution is -0.385. The van der Waals surface area contributed by atoms with Gasteiger partial charge in [0.15, 0.2) is 0 Å². The number of nitrogens with one attached hydrogen (secondary N) is 1. The normalized spacial score (nSPS) is 11.6. The van der Waals surface area contributed by atoms with Gasteiger partial charge in [0.2, 0.25) is 15.8 Å². The number of hydrogen-bond donors (Lipinski definition) is 1. The fourth-order valence-corrected chi connectivity index (χ4v) is 5.06. The number of nitro benzene ring substituents is 1. The van der Waals surface area contributed by atoms with Crippen LogP contribution in [0.3, 0.4) is 0 Å². The Balaban J connectivity index is 0.000000256. The molecule has 0 aliphatic carbocycles. The molecule has 0 amide bonds. The maximum atomic E-state index is 12.8. The van der Waals surface area contributed by atoms with Crippen molar-refractivity contribution in [1.82, 2.24) is 14.3 Å².